The Morgan fingerprint density at radius 2 is 1.50 bits per heavy atom. The molecular formula is C16H16BrF2N. The van der Waals surface area contributed by atoms with Crippen LogP contribution in [-0.4, -0.2) is 0 Å². The van der Waals surface area contributed by atoms with Crippen LogP contribution in [0.3, 0.4) is 0 Å². The number of benzene rings is 2. The summed E-state index contributed by atoms with van der Waals surface area (Å²) < 4.78 is 28.5. The Kier molecular flexibility index (Phi) is 4.89. The van der Waals surface area contributed by atoms with Gasteiger partial charge in [0.15, 0.2) is 0 Å². The Labute approximate surface area is 126 Å². The predicted molar refractivity (Wildman–Crippen MR) is 80.5 cm³/mol. The van der Waals surface area contributed by atoms with Gasteiger partial charge in [0.05, 0.1) is 0 Å². The van der Waals surface area contributed by atoms with Crippen molar-refractivity contribution in [2.24, 2.45) is 0 Å². The van der Waals surface area contributed by atoms with Gasteiger partial charge < -0.3 is 5.32 Å². The molecule has 0 heterocycles. The van der Waals surface area contributed by atoms with Crippen LogP contribution in [0.4, 0.5) is 8.78 Å². The van der Waals surface area contributed by atoms with E-state index in [4.69, 9.17) is 0 Å². The molecule has 0 aliphatic rings. The quantitative estimate of drug-likeness (QED) is 0.813. The molecule has 1 N–H and O–H groups in total. The van der Waals surface area contributed by atoms with E-state index in [9.17, 15) is 8.78 Å². The lowest BCUT2D eigenvalue weighted by atomic mass is 10.0. The van der Waals surface area contributed by atoms with Crippen LogP contribution in [0, 0.1) is 11.6 Å². The first-order valence-electron chi connectivity index (χ1n) is 6.45. The molecule has 0 saturated heterocycles. The van der Waals surface area contributed by atoms with Gasteiger partial charge in [-0.05, 0) is 37.6 Å². The van der Waals surface area contributed by atoms with Crippen molar-refractivity contribution in [3.05, 3.63) is 69.7 Å². The van der Waals surface area contributed by atoms with Crippen LogP contribution in [-0.2, 0) is 0 Å². The Hall–Kier alpha value is -1.26. The van der Waals surface area contributed by atoms with E-state index in [2.05, 4.69) is 21.2 Å². The summed E-state index contributed by atoms with van der Waals surface area (Å²) in [4.78, 5) is 0. The summed E-state index contributed by atoms with van der Waals surface area (Å²) in [5.41, 5.74) is 1.13. The molecule has 2 aromatic carbocycles. The topological polar surface area (TPSA) is 12.0 Å². The largest absolute Gasteiger partial charge is 0.303 e. The summed E-state index contributed by atoms with van der Waals surface area (Å²) in [5, 5.41) is 3.22. The molecule has 20 heavy (non-hydrogen) atoms. The predicted octanol–water partition coefficient (Wildman–Crippen LogP) is 5.14. The van der Waals surface area contributed by atoms with Gasteiger partial charge in [-0.1, -0.05) is 40.2 Å². The summed E-state index contributed by atoms with van der Waals surface area (Å²) in [6.45, 7) is 3.73. The standard InChI is InChI=1S/C16H16BrF2N/c1-10(12-6-3-4-7-13(12)17)20-11(2)16-14(18)8-5-9-15(16)19/h3-11,20H,1-2H3/t10-,11?/m1/s1. The Bertz CT molecular complexity index is 581. The Morgan fingerprint density at radius 1 is 0.900 bits per heavy atom. The van der Waals surface area contributed by atoms with Gasteiger partial charge in [-0.15, -0.1) is 0 Å². The molecule has 0 saturated carbocycles. The van der Waals surface area contributed by atoms with Crippen molar-refractivity contribution in [1.82, 2.24) is 5.32 Å². The third kappa shape index (κ3) is 3.25. The van der Waals surface area contributed by atoms with Gasteiger partial charge in [0.25, 0.3) is 0 Å². The molecule has 1 unspecified atom stereocenters. The van der Waals surface area contributed by atoms with Gasteiger partial charge in [0.2, 0.25) is 0 Å². The van der Waals surface area contributed by atoms with Crippen LogP contribution in [0.1, 0.15) is 37.1 Å². The van der Waals surface area contributed by atoms with Gasteiger partial charge in [-0.2, -0.15) is 0 Å². The monoisotopic (exact) mass is 339 g/mol. The molecule has 2 atom stereocenters. The van der Waals surface area contributed by atoms with E-state index in [-0.39, 0.29) is 11.6 Å². The maximum absolute atomic E-state index is 13.7. The molecule has 1 nitrogen and oxygen atoms in total. The van der Waals surface area contributed by atoms with Crippen molar-refractivity contribution >= 4 is 15.9 Å². The van der Waals surface area contributed by atoms with E-state index in [0.29, 0.717) is 0 Å². The van der Waals surface area contributed by atoms with Crippen LogP contribution in [0.5, 0.6) is 0 Å². The van der Waals surface area contributed by atoms with E-state index >= 15 is 0 Å². The van der Waals surface area contributed by atoms with Crippen LogP contribution < -0.4 is 5.32 Å². The normalized spacial score (nSPS) is 14.1. The molecular weight excluding hydrogens is 324 g/mol. The summed E-state index contributed by atoms with van der Waals surface area (Å²) in [7, 11) is 0. The van der Waals surface area contributed by atoms with Gasteiger partial charge in [0, 0.05) is 22.1 Å². The van der Waals surface area contributed by atoms with Crippen molar-refractivity contribution in [1.29, 1.82) is 0 Å². The number of halogens is 3. The van der Waals surface area contributed by atoms with E-state index in [1.807, 2.05) is 31.2 Å². The first-order valence-corrected chi connectivity index (χ1v) is 7.24. The molecule has 2 rings (SSSR count). The third-order valence-electron chi connectivity index (χ3n) is 3.30. The summed E-state index contributed by atoms with van der Waals surface area (Å²) >= 11 is 3.48. The molecule has 0 aliphatic carbocycles. The van der Waals surface area contributed by atoms with E-state index in [1.165, 1.54) is 18.2 Å². The molecule has 0 bridgehead atoms. The average Bonchev–Trinajstić information content (AvgIpc) is 2.38. The van der Waals surface area contributed by atoms with E-state index in [0.717, 1.165) is 10.0 Å². The first-order chi connectivity index (χ1) is 9.50. The summed E-state index contributed by atoms with van der Waals surface area (Å²) in [6, 6.07) is 11.3. The summed E-state index contributed by atoms with van der Waals surface area (Å²) in [5.74, 6) is -1.05. The van der Waals surface area contributed by atoms with Gasteiger partial charge in [-0.3, -0.25) is 0 Å². The molecule has 2 aromatic rings. The number of hydrogen-bond donors (Lipinski definition) is 1. The van der Waals surface area contributed by atoms with Gasteiger partial charge in [0.1, 0.15) is 11.6 Å². The number of hydrogen-bond acceptors (Lipinski definition) is 1. The minimum atomic E-state index is -0.524. The van der Waals surface area contributed by atoms with Crippen molar-refractivity contribution in [2.45, 2.75) is 25.9 Å². The smallest absolute Gasteiger partial charge is 0.130 e. The van der Waals surface area contributed by atoms with Crippen LogP contribution in [0.2, 0.25) is 0 Å². The van der Waals surface area contributed by atoms with Gasteiger partial charge in [-0.25, -0.2) is 8.78 Å². The second-order valence-electron chi connectivity index (χ2n) is 4.77. The fourth-order valence-electron chi connectivity index (χ4n) is 2.30. The lowest BCUT2D eigenvalue weighted by molar-refractivity contribution is 0.449. The highest BCUT2D eigenvalue weighted by molar-refractivity contribution is 9.10. The molecule has 0 radical (unpaired) electrons. The highest BCUT2D eigenvalue weighted by Gasteiger charge is 2.18. The third-order valence-corrected chi connectivity index (χ3v) is 4.03. The first kappa shape index (κ1) is 15.1. The maximum Gasteiger partial charge on any atom is 0.130 e. The molecule has 4 heteroatoms. The van der Waals surface area contributed by atoms with Gasteiger partial charge >= 0.3 is 0 Å². The zero-order valence-corrected chi connectivity index (χ0v) is 12.9. The molecule has 0 aromatic heterocycles. The number of nitrogens with one attached hydrogen (secondary N) is 1. The van der Waals surface area contributed by atoms with E-state index < -0.39 is 17.7 Å². The minimum absolute atomic E-state index is 0.0282. The molecule has 106 valence electrons. The van der Waals surface area contributed by atoms with Crippen LogP contribution in [0.25, 0.3) is 0 Å². The number of rotatable bonds is 4. The molecule has 0 spiro atoms. The Balaban J connectivity index is 2.20. The van der Waals surface area contributed by atoms with Crippen molar-refractivity contribution < 1.29 is 8.78 Å². The maximum atomic E-state index is 13.7. The van der Waals surface area contributed by atoms with Crippen molar-refractivity contribution in [2.75, 3.05) is 0 Å². The molecule has 0 amide bonds. The highest BCUT2D eigenvalue weighted by atomic mass is 79.9. The second kappa shape index (κ2) is 6.46. The second-order valence-corrected chi connectivity index (χ2v) is 5.62. The minimum Gasteiger partial charge on any atom is -0.303 e. The average molecular weight is 340 g/mol. The fraction of sp³-hybridized carbons (Fsp3) is 0.250. The lowest BCUT2D eigenvalue weighted by Crippen LogP contribution is -2.24. The fourth-order valence-corrected chi connectivity index (χ4v) is 2.93. The zero-order valence-electron chi connectivity index (χ0n) is 11.3. The Morgan fingerprint density at radius 3 is 2.10 bits per heavy atom. The lowest BCUT2D eigenvalue weighted by Gasteiger charge is -2.22. The van der Waals surface area contributed by atoms with E-state index in [1.54, 1.807) is 6.92 Å². The van der Waals surface area contributed by atoms with Crippen LogP contribution >= 0.6 is 15.9 Å². The molecule has 0 aliphatic heterocycles. The van der Waals surface area contributed by atoms with Crippen molar-refractivity contribution in [3.63, 3.8) is 0 Å². The highest BCUT2D eigenvalue weighted by Crippen LogP contribution is 2.27. The zero-order chi connectivity index (χ0) is 14.7. The SMILES string of the molecule is CC(N[C@H](C)c1ccccc1Br)c1c(F)cccc1F. The van der Waals surface area contributed by atoms with Crippen LogP contribution in [0.15, 0.2) is 46.9 Å². The molecule has 0 fully saturated rings. The summed E-state index contributed by atoms with van der Waals surface area (Å²) in [6.07, 6.45) is 0. The van der Waals surface area contributed by atoms with Crippen molar-refractivity contribution in [3.8, 4) is 0 Å².